The topological polar surface area (TPSA) is 54.5 Å². The van der Waals surface area contributed by atoms with E-state index in [0.717, 1.165) is 11.1 Å². The zero-order chi connectivity index (χ0) is 20.7. The van der Waals surface area contributed by atoms with Gasteiger partial charge in [-0.15, -0.1) is 0 Å². The lowest BCUT2D eigenvalue weighted by molar-refractivity contribution is 0.0793. The first-order valence-electron chi connectivity index (χ1n) is 9.09. The lowest BCUT2D eigenvalue weighted by Gasteiger charge is -2.24. The fraction of sp³-hybridized carbons (Fsp3) is 0.381. The summed E-state index contributed by atoms with van der Waals surface area (Å²) in [5.41, 5.74) is 2.37. The highest BCUT2D eigenvalue weighted by Crippen LogP contribution is 2.30. The molecule has 0 spiro atoms. The van der Waals surface area contributed by atoms with Gasteiger partial charge >= 0.3 is 0 Å². The molecule has 7 heteroatoms. The second-order valence-electron chi connectivity index (χ2n) is 8.03. The molecule has 1 atom stereocenters. The van der Waals surface area contributed by atoms with Crippen LogP contribution in [0.1, 0.15) is 37.6 Å². The average molecular weight is 440 g/mol. The van der Waals surface area contributed by atoms with Crippen molar-refractivity contribution in [3.63, 3.8) is 0 Å². The molecule has 2 aromatic carbocycles. The van der Waals surface area contributed by atoms with Crippen molar-refractivity contribution >= 4 is 38.9 Å². The number of hydrogen-bond donors (Lipinski definition) is 0. The number of carbonyl (C=O) groups is 1. The molecule has 0 aromatic heterocycles. The van der Waals surface area contributed by atoms with E-state index in [9.17, 15) is 13.2 Å². The Labute approximate surface area is 176 Å². The molecule has 150 valence electrons. The molecule has 28 heavy (non-hydrogen) atoms. The van der Waals surface area contributed by atoms with Crippen LogP contribution in [0.4, 0.5) is 0 Å². The number of halogens is 2. The molecule has 0 N–H and O–H groups in total. The van der Waals surface area contributed by atoms with Crippen molar-refractivity contribution in [2.75, 3.05) is 13.1 Å². The van der Waals surface area contributed by atoms with Gasteiger partial charge < -0.3 is 4.90 Å². The number of carbonyl (C=O) groups excluding carboxylic acids is 1. The van der Waals surface area contributed by atoms with Crippen LogP contribution in [-0.2, 0) is 9.84 Å². The number of rotatable bonds is 3. The lowest BCUT2D eigenvalue weighted by Crippen LogP contribution is -2.39. The summed E-state index contributed by atoms with van der Waals surface area (Å²) < 4.78 is 24.5. The SMILES string of the molecule is CC(C)(C)S(=O)(=O)[C@@H]1CCN(C(=O)c2ccc(-c3ccc(Cl)c(Cl)c3)cc2)C1. The van der Waals surface area contributed by atoms with E-state index in [1.165, 1.54) is 0 Å². The Balaban J connectivity index is 1.74. The van der Waals surface area contributed by atoms with Gasteiger partial charge in [0, 0.05) is 18.7 Å². The maximum Gasteiger partial charge on any atom is 0.253 e. The Hall–Kier alpha value is -1.56. The van der Waals surface area contributed by atoms with Crippen molar-refractivity contribution in [1.29, 1.82) is 0 Å². The molecular weight excluding hydrogens is 417 g/mol. The first kappa shape index (κ1) is 21.2. The number of hydrogen-bond acceptors (Lipinski definition) is 3. The van der Waals surface area contributed by atoms with Gasteiger partial charge in [-0.2, -0.15) is 0 Å². The van der Waals surface area contributed by atoms with E-state index < -0.39 is 19.8 Å². The van der Waals surface area contributed by atoms with Crippen molar-refractivity contribution in [3.8, 4) is 11.1 Å². The molecule has 1 saturated heterocycles. The van der Waals surface area contributed by atoms with Crippen molar-refractivity contribution in [2.24, 2.45) is 0 Å². The third-order valence-electron chi connectivity index (χ3n) is 5.11. The van der Waals surface area contributed by atoms with Crippen molar-refractivity contribution in [1.82, 2.24) is 4.90 Å². The van der Waals surface area contributed by atoms with Crippen LogP contribution in [0, 0.1) is 0 Å². The summed E-state index contributed by atoms with van der Waals surface area (Å²) in [5.74, 6) is -0.146. The maximum atomic E-state index is 12.8. The van der Waals surface area contributed by atoms with Gasteiger partial charge in [-0.3, -0.25) is 4.79 Å². The Bertz CT molecular complexity index is 995. The van der Waals surface area contributed by atoms with E-state index in [0.29, 0.717) is 28.6 Å². The van der Waals surface area contributed by atoms with Crippen LogP contribution in [-0.4, -0.2) is 42.3 Å². The minimum Gasteiger partial charge on any atom is -0.337 e. The molecule has 1 fully saturated rings. The third kappa shape index (κ3) is 4.07. The predicted molar refractivity (Wildman–Crippen MR) is 115 cm³/mol. The molecular formula is C21H23Cl2NO3S. The Kier molecular flexibility index (Phi) is 5.81. The van der Waals surface area contributed by atoms with E-state index in [1.807, 2.05) is 18.2 Å². The standard InChI is InChI=1S/C21H23Cl2NO3S/c1-21(2,3)28(26,27)17-10-11-24(13-17)20(25)15-6-4-14(5-7-15)16-8-9-18(22)19(23)12-16/h4-9,12,17H,10-11,13H2,1-3H3/t17-/m1/s1. The number of amides is 1. The van der Waals surface area contributed by atoms with E-state index in [1.54, 1.807) is 49.9 Å². The second kappa shape index (κ2) is 7.69. The average Bonchev–Trinajstić information content (AvgIpc) is 3.13. The van der Waals surface area contributed by atoms with Gasteiger partial charge in [-0.1, -0.05) is 41.4 Å². The van der Waals surface area contributed by atoms with Crippen LogP contribution in [0.3, 0.4) is 0 Å². The Morgan fingerprint density at radius 2 is 1.61 bits per heavy atom. The Morgan fingerprint density at radius 1 is 1.00 bits per heavy atom. The number of benzene rings is 2. The summed E-state index contributed by atoms with van der Waals surface area (Å²) in [4.78, 5) is 14.4. The van der Waals surface area contributed by atoms with Crippen molar-refractivity contribution in [3.05, 3.63) is 58.1 Å². The van der Waals surface area contributed by atoms with Crippen LogP contribution in [0.15, 0.2) is 42.5 Å². The van der Waals surface area contributed by atoms with Gasteiger partial charge in [-0.25, -0.2) is 8.42 Å². The number of sulfone groups is 1. The van der Waals surface area contributed by atoms with Gasteiger partial charge in [0.25, 0.3) is 5.91 Å². The normalized spacial score (nSPS) is 17.8. The quantitative estimate of drug-likeness (QED) is 0.668. The molecule has 4 nitrogen and oxygen atoms in total. The molecule has 1 heterocycles. The smallest absolute Gasteiger partial charge is 0.253 e. The summed E-state index contributed by atoms with van der Waals surface area (Å²) >= 11 is 12.0. The summed E-state index contributed by atoms with van der Waals surface area (Å²) in [6.45, 7) is 5.80. The largest absolute Gasteiger partial charge is 0.337 e. The molecule has 1 aliphatic heterocycles. The van der Waals surface area contributed by atoms with Gasteiger partial charge in [0.05, 0.1) is 20.0 Å². The maximum absolute atomic E-state index is 12.8. The van der Waals surface area contributed by atoms with Crippen LogP contribution < -0.4 is 0 Å². The van der Waals surface area contributed by atoms with Gasteiger partial charge in [-0.05, 0) is 62.6 Å². The zero-order valence-electron chi connectivity index (χ0n) is 16.1. The highest BCUT2D eigenvalue weighted by Gasteiger charge is 2.41. The summed E-state index contributed by atoms with van der Waals surface area (Å²) in [7, 11) is -3.29. The van der Waals surface area contributed by atoms with Crippen molar-refractivity contribution in [2.45, 2.75) is 37.2 Å². The molecule has 0 aliphatic carbocycles. The highest BCUT2D eigenvalue weighted by molar-refractivity contribution is 7.93. The molecule has 0 saturated carbocycles. The fourth-order valence-corrected chi connectivity index (χ4v) is 5.42. The number of nitrogens with zero attached hydrogens (tertiary/aromatic N) is 1. The molecule has 1 amide bonds. The lowest BCUT2D eigenvalue weighted by atomic mass is 10.0. The van der Waals surface area contributed by atoms with Crippen LogP contribution >= 0.6 is 23.2 Å². The predicted octanol–water partition coefficient (Wildman–Crippen LogP) is 5.09. The zero-order valence-corrected chi connectivity index (χ0v) is 18.4. The van der Waals surface area contributed by atoms with Gasteiger partial charge in [0.2, 0.25) is 0 Å². The van der Waals surface area contributed by atoms with Crippen LogP contribution in [0.2, 0.25) is 10.0 Å². The minimum atomic E-state index is -3.29. The highest BCUT2D eigenvalue weighted by atomic mass is 35.5. The van der Waals surface area contributed by atoms with Crippen molar-refractivity contribution < 1.29 is 13.2 Å². The monoisotopic (exact) mass is 439 g/mol. The van der Waals surface area contributed by atoms with E-state index >= 15 is 0 Å². The second-order valence-corrected chi connectivity index (χ2v) is 11.8. The molecule has 0 bridgehead atoms. The van der Waals surface area contributed by atoms with E-state index in [-0.39, 0.29) is 12.5 Å². The first-order valence-corrected chi connectivity index (χ1v) is 11.4. The summed E-state index contributed by atoms with van der Waals surface area (Å²) in [6.07, 6.45) is 0.479. The molecule has 2 aromatic rings. The van der Waals surface area contributed by atoms with E-state index in [4.69, 9.17) is 23.2 Å². The fourth-order valence-electron chi connectivity index (χ4n) is 3.33. The molecule has 1 aliphatic rings. The van der Waals surface area contributed by atoms with Crippen LogP contribution in [0.5, 0.6) is 0 Å². The summed E-state index contributed by atoms with van der Waals surface area (Å²) in [6, 6.07) is 12.6. The Morgan fingerprint density at radius 3 is 2.18 bits per heavy atom. The third-order valence-corrected chi connectivity index (χ3v) is 8.82. The van der Waals surface area contributed by atoms with Gasteiger partial charge in [0.15, 0.2) is 9.84 Å². The summed E-state index contributed by atoms with van der Waals surface area (Å²) in [5, 5.41) is 0.459. The molecule has 0 unspecified atom stereocenters. The van der Waals surface area contributed by atoms with Gasteiger partial charge in [0.1, 0.15) is 0 Å². The molecule has 0 radical (unpaired) electrons. The first-order chi connectivity index (χ1) is 13.0. The van der Waals surface area contributed by atoms with E-state index in [2.05, 4.69) is 0 Å². The van der Waals surface area contributed by atoms with Crippen LogP contribution in [0.25, 0.3) is 11.1 Å². The number of likely N-dealkylation sites (tertiary alicyclic amines) is 1. The molecule has 3 rings (SSSR count). The minimum absolute atomic E-state index is 0.146.